The van der Waals surface area contributed by atoms with Gasteiger partial charge in [0.05, 0.1) is 29.9 Å². The van der Waals surface area contributed by atoms with E-state index in [4.69, 9.17) is 18.8 Å². The molecular weight excluding hydrogens is 544 g/mol. The Balaban J connectivity index is 2.01. The lowest BCUT2D eigenvalue weighted by Crippen LogP contribution is -2.13. The molecule has 1 N–H and O–H groups in total. The summed E-state index contributed by atoms with van der Waals surface area (Å²) in [5, 5.41) is 0. The zero-order valence-electron chi connectivity index (χ0n) is 23.0. The minimum absolute atomic E-state index is 0.0434. The molecule has 0 saturated heterocycles. The molecule has 41 heavy (non-hydrogen) atoms. The van der Waals surface area contributed by atoms with E-state index in [1.54, 1.807) is 67.6 Å². The first-order chi connectivity index (χ1) is 19.6. The van der Waals surface area contributed by atoms with E-state index < -0.39 is 21.8 Å². The number of benzene rings is 3. The molecule has 0 saturated carbocycles. The lowest BCUT2D eigenvalue weighted by Gasteiger charge is -2.13. The maximum absolute atomic E-state index is 11.9. The van der Waals surface area contributed by atoms with Crippen LogP contribution < -0.4 is 9.47 Å². The molecule has 9 heteroatoms. The molecule has 212 valence electrons. The summed E-state index contributed by atoms with van der Waals surface area (Å²) in [6, 6.07) is 16.8. The van der Waals surface area contributed by atoms with Crippen LogP contribution in [-0.2, 0) is 14.9 Å². The second kappa shape index (κ2) is 14.7. The van der Waals surface area contributed by atoms with Crippen LogP contribution in [0.15, 0.2) is 60.7 Å². The van der Waals surface area contributed by atoms with Crippen molar-refractivity contribution in [1.82, 2.24) is 0 Å². The SMILES string of the molecule is CCCOc1cc(C#Cc2ccc(C(=O)OCC)cc2)c(OCCS(=O)(=O)O)cc1C#Cc1ccc(C(C)=O)cc1. The second-order valence-corrected chi connectivity index (χ2v) is 10.3. The standard InChI is InChI=1S/C32H30O8S/c1-4-18-39-30-21-29(17-11-25-8-14-27(15-9-25)32(34)38-5-2)31(40-19-20-41(35,36)37)22-28(30)16-10-24-6-12-26(13-7-24)23(3)33/h6-9,12-15,21-22H,4-5,18-20H2,1-3H3,(H,35,36,37). The minimum Gasteiger partial charge on any atom is -0.492 e. The minimum atomic E-state index is -4.24. The molecule has 0 aromatic heterocycles. The molecule has 0 heterocycles. The normalized spacial score (nSPS) is 10.4. The monoisotopic (exact) mass is 574 g/mol. The predicted molar refractivity (Wildman–Crippen MR) is 155 cm³/mol. The molecule has 0 bridgehead atoms. The highest BCUT2D eigenvalue weighted by molar-refractivity contribution is 7.85. The van der Waals surface area contributed by atoms with Crippen LogP contribution in [0, 0.1) is 23.7 Å². The van der Waals surface area contributed by atoms with Gasteiger partial charge in [-0.1, -0.05) is 42.7 Å². The zero-order chi connectivity index (χ0) is 29.8. The Labute approximate surface area is 240 Å². The summed E-state index contributed by atoms with van der Waals surface area (Å²) >= 11 is 0. The van der Waals surface area contributed by atoms with E-state index >= 15 is 0 Å². The highest BCUT2D eigenvalue weighted by atomic mass is 32.2. The summed E-state index contributed by atoms with van der Waals surface area (Å²) in [6.07, 6.45) is 0.750. The Morgan fingerprint density at radius 3 is 1.68 bits per heavy atom. The Hall–Kier alpha value is -4.57. The van der Waals surface area contributed by atoms with Crippen molar-refractivity contribution < 1.29 is 36.8 Å². The average Bonchev–Trinajstić information content (AvgIpc) is 2.94. The topological polar surface area (TPSA) is 116 Å². The van der Waals surface area contributed by atoms with Gasteiger partial charge in [-0.3, -0.25) is 9.35 Å². The maximum Gasteiger partial charge on any atom is 0.338 e. The van der Waals surface area contributed by atoms with Crippen molar-refractivity contribution in [3.05, 3.63) is 94.0 Å². The first kappa shape index (κ1) is 31.0. The number of carbonyl (C=O) groups is 2. The Kier molecular flexibility index (Phi) is 11.1. The van der Waals surface area contributed by atoms with E-state index in [9.17, 15) is 18.0 Å². The number of hydrogen-bond acceptors (Lipinski definition) is 7. The van der Waals surface area contributed by atoms with Crippen LogP contribution >= 0.6 is 0 Å². The van der Waals surface area contributed by atoms with Gasteiger partial charge in [0.25, 0.3) is 10.1 Å². The van der Waals surface area contributed by atoms with Gasteiger partial charge in [-0.25, -0.2) is 4.79 Å². The molecule has 0 aliphatic carbocycles. The molecule has 0 fully saturated rings. The summed E-state index contributed by atoms with van der Waals surface area (Å²) in [4.78, 5) is 23.5. The lowest BCUT2D eigenvalue weighted by atomic mass is 10.1. The van der Waals surface area contributed by atoms with Crippen molar-refractivity contribution in [1.29, 1.82) is 0 Å². The lowest BCUT2D eigenvalue weighted by molar-refractivity contribution is 0.0526. The highest BCUT2D eigenvalue weighted by Gasteiger charge is 2.13. The first-order valence-electron chi connectivity index (χ1n) is 12.9. The van der Waals surface area contributed by atoms with Crippen LogP contribution in [0.1, 0.15) is 70.2 Å². The summed E-state index contributed by atoms with van der Waals surface area (Å²) in [6.45, 7) is 5.58. The highest BCUT2D eigenvalue weighted by Crippen LogP contribution is 2.29. The fourth-order valence-corrected chi connectivity index (χ4v) is 3.73. The van der Waals surface area contributed by atoms with E-state index in [1.165, 1.54) is 6.92 Å². The fourth-order valence-electron chi connectivity index (χ4n) is 3.43. The van der Waals surface area contributed by atoms with Crippen LogP contribution in [0.5, 0.6) is 11.5 Å². The molecule has 0 aliphatic rings. The van der Waals surface area contributed by atoms with Crippen molar-refractivity contribution in [2.45, 2.75) is 27.2 Å². The Morgan fingerprint density at radius 2 is 1.24 bits per heavy atom. The number of esters is 1. The molecule has 0 unspecified atom stereocenters. The van der Waals surface area contributed by atoms with Gasteiger partial charge in [0, 0.05) is 28.8 Å². The van der Waals surface area contributed by atoms with Gasteiger partial charge in [-0.05, 0) is 56.7 Å². The molecule has 0 spiro atoms. The summed E-state index contributed by atoms with van der Waals surface area (Å²) in [7, 11) is -4.24. The van der Waals surface area contributed by atoms with Gasteiger partial charge in [0.15, 0.2) is 5.78 Å². The van der Waals surface area contributed by atoms with Gasteiger partial charge in [-0.2, -0.15) is 8.42 Å². The fraction of sp³-hybridized carbons (Fsp3) is 0.250. The Bertz CT molecular complexity index is 1620. The van der Waals surface area contributed by atoms with Crippen LogP contribution in [0.4, 0.5) is 0 Å². The average molecular weight is 575 g/mol. The second-order valence-electron chi connectivity index (χ2n) is 8.76. The van der Waals surface area contributed by atoms with Gasteiger partial charge in [-0.15, -0.1) is 0 Å². The first-order valence-corrected chi connectivity index (χ1v) is 14.5. The third-order valence-corrected chi connectivity index (χ3v) is 6.20. The van der Waals surface area contributed by atoms with E-state index in [-0.39, 0.29) is 24.7 Å². The van der Waals surface area contributed by atoms with Crippen molar-refractivity contribution in [2.24, 2.45) is 0 Å². The van der Waals surface area contributed by atoms with Crippen molar-refractivity contribution in [3.8, 4) is 35.2 Å². The van der Waals surface area contributed by atoms with E-state index in [1.807, 2.05) is 6.92 Å². The smallest absolute Gasteiger partial charge is 0.338 e. The summed E-state index contributed by atoms with van der Waals surface area (Å²) in [5.74, 6) is 11.8. The van der Waals surface area contributed by atoms with Crippen LogP contribution in [0.3, 0.4) is 0 Å². The third-order valence-electron chi connectivity index (χ3n) is 5.51. The Morgan fingerprint density at radius 1 is 0.756 bits per heavy atom. The van der Waals surface area contributed by atoms with Gasteiger partial charge in [0.2, 0.25) is 0 Å². The van der Waals surface area contributed by atoms with Gasteiger partial charge in [0.1, 0.15) is 23.9 Å². The quantitative estimate of drug-likeness (QED) is 0.157. The number of Topliss-reactive ketones (excluding diaryl/α,β-unsaturated/α-hetero) is 1. The van der Waals surface area contributed by atoms with E-state index in [0.717, 1.165) is 6.42 Å². The largest absolute Gasteiger partial charge is 0.492 e. The van der Waals surface area contributed by atoms with Crippen molar-refractivity contribution >= 4 is 21.9 Å². The molecule has 3 aromatic carbocycles. The number of ketones is 1. The van der Waals surface area contributed by atoms with Crippen LogP contribution in [0.25, 0.3) is 0 Å². The van der Waals surface area contributed by atoms with Crippen molar-refractivity contribution in [2.75, 3.05) is 25.6 Å². The van der Waals surface area contributed by atoms with E-state index in [2.05, 4.69) is 23.7 Å². The molecule has 0 atom stereocenters. The molecular formula is C32H30O8S. The number of ether oxygens (including phenoxy) is 3. The number of hydrogen-bond donors (Lipinski definition) is 1. The summed E-state index contributed by atoms with van der Waals surface area (Å²) in [5.41, 5.74) is 3.19. The number of carbonyl (C=O) groups excluding carboxylic acids is 2. The number of rotatable bonds is 10. The van der Waals surface area contributed by atoms with Gasteiger partial charge >= 0.3 is 5.97 Å². The van der Waals surface area contributed by atoms with Crippen molar-refractivity contribution in [3.63, 3.8) is 0 Å². The van der Waals surface area contributed by atoms with Gasteiger partial charge < -0.3 is 14.2 Å². The zero-order valence-corrected chi connectivity index (χ0v) is 23.8. The molecule has 8 nitrogen and oxygen atoms in total. The van der Waals surface area contributed by atoms with Crippen LogP contribution in [0.2, 0.25) is 0 Å². The molecule has 0 radical (unpaired) electrons. The van der Waals surface area contributed by atoms with Crippen LogP contribution in [-0.4, -0.2) is 50.3 Å². The summed E-state index contributed by atoms with van der Waals surface area (Å²) < 4.78 is 48.3. The van der Waals surface area contributed by atoms with E-state index in [0.29, 0.717) is 45.7 Å². The molecule has 0 aliphatic heterocycles. The maximum atomic E-state index is 11.9. The molecule has 0 amide bonds. The predicted octanol–water partition coefficient (Wildman–Crippen LogP) is 4.92. The molecule has 3 aromatic rings. The third kappa shape index (κ3) is 9.84. The molecule has 3 rings (SSSR count).